The van der Waals surface area contributed by atoms with E-state index in [1.807, 2.05) is 26.0 Å². The number of hydrogen-bond acceptors (Lipinski definition) is 4. The van der Waals surface area contributed by atoms with Crippen LogP contribution in [0.4, 0.5) is 11.4 Å². The van der Waals surface area contributed by atoms with Gasteiger partial charge in [-0.05, 0) is 62.6 Å². The van der Waals surface area contributed by atoms with E-state index in [4.69, 9.17) is 23.2 Å². The van der Waals surface area contributed by atoms with Crippen molar-refractivity contribution in [1.82, 2.24) is 4.90 Å². The molecule has 164 valence electrons. The predicted molar refractivity (Wildman–Crippen MR) is 122 cm³/mol. The number of carbonyl (C=O) groups excluding carboxylic acids is 3. The molecule has 4 aliphatic rings. The van der Waals surface area contributed by atoms with Crippen molar-refractivity contribution in [3.8, 4) is 0 Å². The summed E-state index contributed by atoms with van der Waals surface area (Å²) in [7, 11) is 0. The Morgan fingerprint density at radius 2 is 1.81 bits per heavy atom. The topological polar surface area (TPSA) is 69.7 Å². The number of nitrogens with zero attached hydrogens (tertiary/aromatic N) is 2. The van der Waals surface area contributed by atoms with Gasteiger partial charge in [-0.25, -0.2) is 4.90 Å². The van der Waals surface area contributed by atoms with Crippen LogP contribution in [0.15, 0.2) is 30.3 Å². The monoisotopic (exact) mass is 469 g/mol. The summed E-state index contributed by atoms with van der Waals surface area (Å²) in [4.78, 5) is 44.7. The minimum atomic E-state index is -1.17. The molecule has 0 unspecified atom stereocenters. The van der Waals surface area contributed by atoms with Crippen LogP contribution in [0.25, 0.3) is 0 Å². The van der Waals surface area contributed by atoms with Gasteiger partial charge in [0.25, 0.3) is 0 Å². The number of nitrogens with one attached hydrogen (secondary N) is 1. The van der Waals surface area contributed by atoms with Gasteiger partial charge in [-0.1, -0.05) is 35.3 Å². The van der Waals surface area contributed by atoms with Crippen molar-refractivity contribution in [2.24, 2.45) is 11.8 Å². The molecule has 0 saturated carbocycles. The molecule has 1 spiro atoms. The van der Waals surface area contributed by atoms with Crippen LogP contribution < -0.4 is 10.2 Å². The number of hydrogen-bond donors (Lipinski definition) is 1. The van der Waals surface area contributed by atoms with E-state index in [9.17, 15) is 14.4 Å². The largest absolute Gasteiger partial charge is 0.324 e. The number of anilines is 2. The number of rotatable bonds is 1. The number of benzene rings is 2. The number of carbonyl (C=O) groups is 3. The molecule has 2 aromatic rings. The Hall–Kier alpha value is -2.41. The van der Waals surface area contributed by atoms with Crippen molar-refractivity contribution < 1.29 is 14.4 Å². The highest BCUT2D eigenvalue weighted by atomic mass is 35.5. The van der Waals surface area contributed by atoms with Gasteiger partial charge in [0.1, 0.15) is 5.54 Å². The molecule has 8 heteroatoms. The zero-order chi connectivity index (χ0) is 22.5. The van der Waals surface area contributed by atoms with Gasteiger partial charge >= 0.3 is 0 Å². The molecule has 3 saturated heterocycles. The molecule has 4 heterocycles. The molecule has 0 aromatic heterocycles. The molecule has 6 nitrogen and oxygen atoms in total. The molecule has 4 aliphatic heterocycles. The van der Waals surface area contributed by atoms with E-state index in [-0.39, 0.29) is 28.8 Å². The standard InChI is InChI=1S/C24H21Cl2N3O3/c1-11-5-7-14-20(12(11)2)27-23(32)24(14)19-18(17-4-3-9-28(17)24)21(30)29(22(19)31)13-6-8-15(25)16(26)10-13/h5-8,10,17-19H,3-4,9H2,1-2H3,(H,27,32)/t17-,18+,19-,24+/m0/s1. The summed E-state index contributed by atoms with van der Waals surface area (Å²) in [6, 6.07) is 8.54. The van der Waals surface area contributed by atoms with Gasteiger partial charge in [0.2, 0.25) is 17.7 Å². The first kappa shape index (κ1) is 20.2. The fourth-order valence-corrected chi connectivity index (χ4v) is 6.69. The molecule has 0 bridgehead atoms. The lowest BCUT2D eigenvalue weighted by Gasteiger charge is -2.36. The van der Waals surface area contributed by atoms with Crippen molar-refractivity contribution in [2.75, 3.05) is 16.8 Å². The second kappa shape index (κ2) is 6.56. The third-order valence-electron chi connectivity index (χ3n) is 7.86. The fourth-order valence-electron chi connectivity index (χ4n) is 6.40. The summed E-state index contributed by atoms with van der Waals surface area (Å²) in [5.74, 6) is -2.18. The molecule has 0 radical (unpaired) electrons. The molecule has 4 atom stereocenters. The average Bonchev–Trinajstić information content (AvgIpc) is 3.46. The first-order chi connectivity index (χ1) is 15.3. The van der Waals surface area contributed by atoms with E-state index in [0.717, 1.165) is 35.2 Å². The Labute approximate surface area is 195 Å². The van der Waals surface area contributed by atoms with Crippen LogP contribution in [0.2, 0.25) is 10.0 Å². The number of amides is 3. The summed E-state index contributed by atoms with van der Waals surface area (Å²) in [6.45, 7) is 4.66. The fraction of sp³-hybridized carbons (Fsp3) is 0.375. The van der Waals surface area contributed by atoms with Gasteiger partial charge in [0, 0.05) is 17.3 Å². The van der Waals surface area contributed by atoms with E-state index in [2.05, 4.69) is 10.2 Å². The van der Waals surface area contributed by atoms with Gasteiger partial charge < -0.3 is 5.32 Å². The zero-order valence-electron chi connectivity index (χ0n) is 17.6. The van der Waals surface area contributed by atoms with Crippen LogP contribution in [0, 0.1) is 25.7 Å². The van der Waals surface area contributed by atoms with Gasteiger partial charge in [-0.2, -0.15) is 0 Å². The zero-order valence-corrected chi connectivity index (χ0v) is 19.1. The summed E-state index contributed by atoms with van der Waals surface area (Å²) >= 11 is 12.2. The number of halogens is 2. The smallest absolute Gasteiger partial charge is 0.250 e. The quantitative estimate of drug-likeness (QED) is 0.639. The Morgan fingerprint density at radius 3 is 2.56 bits per heavy atom. The van der Waals surface area contributed by atoms with Crippen molar-refractivity contribution in [1.29, 1.82) is 0 Å². The molecule has 3 fully saturated rings. The minimum Gasteiger partial charge on any atom is -0.324 e. The van der Waals surface area contributed by atoms with Crippen LogP contribution in [0.1, 0.15) is 29.5 Å². The SMILES string of the molecule is Cc1ccc2c(c1C)NC(=O)[C@]21[C@@H]2C(=O)N(c3ccc(Cl)c(Cl)c3)C(=O)[C@@H]2[C@@H]2CCCN21. The van der Waals surface area contributed by atoms with Gasteiger partial charge in [0.05, 0.1) is 27.6 Å². The molecule has 1 N–H and O–H groups in total. The summed E-state index contributed by atoms with van der Waals surface area (Å²) < 4.78 is 0. The first-order valence-corrected chi connectivity index (χ1v) is 11.6. The van der Waals surface area contributed by atoms with Crippen molar-refractivity contribution in [3.63, 3.8) is 0 Å². The summed E-state index contributed by atoms with van der Waals surface area (Å²) in [5, 5.41) is 3.69. The van der Waals surface area contributed by atoms with Crippen molar-refractivity contribution in [3.05, 3.63) is 57.1 Å². The van der Waals surface area contributed by atoms with Gasteiger partial charge in [-0.15, -0.1) is 0 Å². The van der Waals surface area contributed by atoms with Gasteiger partial charge in [-0.3, -0.25) is 19.3 Å². The minimum absolute atomic E-state index is 0.150. The lowest BCUT2D eigenvalue weighted by molar-refractivity contribution is -0.135. The number of imide groups is 1. The Morgan fingerprint density at radius 1 is 1.03 bits per heavy atom. The Bertz CT molecular complexity index is 1250. The molecule has 6 rings (SSSR count). The number of fused-ring (bicyclic) bond motifs is 7. The average molecular weight is 470 g/mol. The lowest BCUT2D eigenvalue weighted by atomic mass is 9.75. The second-order valence-electron chi connectivity index (χ2n) is 9.17. The highest BCUT2D eigenvalue weighted by molar-refractivity contribution is 6.42. The van der Waals surface area contributed by atoms with Crippen LogP contribution in [0.3, 0.4) is 0 Å². The highest BCUT2D eigenvalue weighted by Crippen LogP contribution is 2.61. The third kappa shape index (κ3) is 2.23. The Kier molecular flexibility index (Phi) is 4.15. The predicted octanol–water partition coefficient (Wildman–Crippen LogP) is 4.04. The Balaban J connectivity index is 1.56. The van der Waals surface area contributed by atoms with Crippen LogP contribution in [-0.4, -0.2) is 35.2 Å². The van der Waals surface area contributed by atoms with Gasteiger partial charge in [0.15, 0.2) is 0 Å². The molecule has 2 aromatic carbocycles. The third-order valence-corrected chi connectivity index (χ3v) is 8.60. The van der Waals surface area contributed by atoms with E-state index >= 15 is 0 Å². The van der Waals surface area contributed by atoms with Crippen molar-refractivity contribution >= 4 is 52.3 Å². The second-order valence-corrected chi connectivity index (χ2v) is 9.98. The van der Waals surface area contributed by atoms with E-state index in [1.165, 1.54) is 11.0 Å². The maximum atomic E-state index is 13.9. The molecule has 3 amide bonds. The van der Waals surface area contributed by atoms with Crippen LogP contribution in [0.5, 0.6) is 0 Å². The molecular weight excluding hydrogens is 449 g/mol. The maximum absolute atomic E-state index is 13.9. The first-order valence-electron chi connectivity index (χ1n) is 10.8. The maximum Gasteiger partial charge on any atom is 0.250 e. The number of aryl methyl sites for hydroxylation is 1. The normalized spacial score (nSPS) is 30.8. The van der Waals surface area contributed by atoms with E-state index in [1.54, 1.807) is 12.1 Å². The van der Waals surface area contributed by atoms with E-state index < -0.39 is 17.4 Å². The van der Waals surface area contributed by atoms with Crippen LogP contribution >= 0.6 is 23.2 Å². The molecular formula is C24H21Cl2N3O3. The van der Waals surface area contributed by atoms with Crippen molar-refractivity contribution in [2.45, 2.75) is 38.3 Å². The summed E-state index contributed by atoms with van der Waals surface area (Å²) in [5.41, 5.74) is 2.86. The van der Waals surface area contributed by atoms with E-state index in [0.29, 0.717) is 17.3 Å². The molecule has 0 aliphatic carbocycles. The van der Waals surface area contributed by atoms with Crippen LogP contribution in [-0.2, 0) is 19.9 Å². The summed E-state index contributed by atoms with van der Waals surface area (Å²) in [6.07, 6.45) is 1.67. The highest BCUT2D eigenvalue weighted by Gasteiger charge is 2.74. The lowest BCUT2D eigenvalue weighted by Crippen LogP contribution is -2.54. The molecule has 32 heavy (non-hydrogen) atoms.